The molecule has 1 aromatic heterocycles. The van der Waals surface area contributed by atoms with Gasteiger partial charge in [0.15, 0.2) is 5.82 Å². The number of amides is 1. The van der Waals surface area contributed by atoms with Crippen LogP contribution in [0.15, 0.2) is 18.5 Å². The Morgan fingerprint density at radius 3 is 2.88 bits per heavy atom. The van der Waals surface area contributed by atoms with Crippen LogP contribution in [0.5, 0.6) is 0 Å². The molecular formula is C10H11ClN4O. The van der Waals surface area contributed by atoms with E-state index in [1.54, 1.807) is 4.90 Å². The Morgan fingerprint density at radius 2 is 2.25 bits per heavy atom. The van der Waals surface area contributed by atoms with Crippen LogP contribution in [0.25, 0.3) is 0 Å². The van der Waals surface area contributed by atoms with Gasteiger partial charge in [0.05, 0.1) is 6.20 Å². The van der Waals surface area contributed by atoms with Crippen molar-refractivity contribution in [3.05, 3.63) is 23.8 Å². The number of nitrogens with one attached hydrogen (secondary N) is 1. The van der Waals surface area contributed by atoms with Crippen LogP contribution in [0.2, 0.25) is 5.28 Å². The Bertz CT molecular complexity index is 472. The van der Waals surface area contributed by atoms with E-state index in [4.69, 9.17) is 11.6 Å². The molecule has 0 spiro atoms. The summed E-state index contributed by atoms with van der Waals surface area (Å²) in [4.78, 5) is 21.3. The van der Waals surface area contributed by atoms with Crippen LogP contribution in [0.3, 0.4) is 0 Å². The van der Waals surface area contributed by atoms with Crippen LogP contribution in [-0.4, -0.2) is 21.9 Å². The Kier molecular flexibility index (Phi) is 2.55. The molecule has 16 heavy (non-hydrogen) atoms. The summed E-state index contributed by atoms with van der Waals surface area (Å²) in [5.74, 6) is 0.340. The lowest BCUT2D eigenvalue weighted by molar-refractivity contribution is -0.113. The zero-order valence-electron chi connectivity index (χ0n) is 8.99. The van der Waals surface area contributed by atoms with Crippen molar-refractivity contribution in [2.75, 3.05) is 10.2 Å². The van der Waals surface area contributed by atoms with Crippen LogP contribution in [0, 0.1) is 0 Å². The topological polar surface area (TPSA) is 58.1 Å². The number of hydrogen-bond donors (Lipinski definition) is 1. The van der Waals surface area contributed by atoms with Gasteiger partial charge < -0.3 is 10.2 Å². The first kappa shape index (κ1) is 10.9. The highest BCUT2D eigenvalue weighted by Crippen LogP contribution is 2.32. The SMILES string of the molecule is C=C1C(=O)Nc2cnc(Cl)nc2N1C(C)C. The minimum absolute atomic E-state index is 0.0725. The summed E-state index contributed by atoms with van der Waals surface area (Å²) in [6, 6.07) is 0.0725. The van der Waals surface area contributed by atoms with Gasteiger partial charge in [-0.25, -0.2) is 4.98 Å². The smallest absolute Gasteiger partial charge is 0.271 e. The monoisotopic (exact) mass is 238 g/mol. The Morgan fingerprint density at radius 1 is 1.56 bits per heavy atom. The first-order valence-electron chi connectivity index (χ1n) is 4.82. The first-order chi connectivity index (χ1) is 7.50. The van der Waals surface area contributed by atoms with Crippen LogP contribution in [0.1, 0.15) is 13.8 Å². The zero-order valence-corrected chi connectivity index (χ0v) is 9.75. The minimum atomic E-state index is -0.243. The maximum absolute atomic E-state index is 11.6. The highest BCUT2D eigenvalue weighted by molar-refractivity contribution is 6.28. The molecule has 1 aromatic rings. The van der Waals surface area contributed by atoms with E-state index in [1.165, 1.54) is 6.20 Å². The molecule has 0 unspecified atom stereocenters. The lowest BCUT2D eigenvalue weighted by Gasteiger charge is -2.33. The molecule has 5 nitrogen and oxygen atoms in total. The molecule has 1 amide bonds. The Balaban J connectivity index is 2.58. The summed E-state index contributed by atoms with van der Waals surface area (Å²) in [7, 11) is 0. The van der Waals surface area contributed by atoms with Crippen molar-refractivity contribution >= 4 is 29.0 Å². The van der Waals surface area contributed by atoms with Gasteiger partial charge in [0.2, 0.25) is 5.28 Å². The van der Waals surface area contributed by atoms with Crippen molar-refractivity contribution in [2.24, 2.45) is 0 Å². The molecule has 6 heteroatoms. The number of carbonyl (C=O) groups is 1. The number of rotatable bonds is 1. The van der Waals surface area contributed by atoms with Gasteiger partial charge in [0, 0.05) is 6.04 Å². The van der Waals surface area contributed by atoms with E-state index in [0.717, 1.165) is 0 Å². The molecule has 1 aliphatic heterocycles. The second-order valence-corrected chi connectivity index (χ2v) is 4.08. The molecule has 0 atom stereocenters. The van der Waals surface area contributed by atoms with Crippen LogP contribution < -0.4 is 10.2 Å². The molecule has 84 valence electrons. The van der Waals surface area contributed by atoms with Gasteiger partial charge in [-0.1, -0.05) is 6.58 Å². The third kappa shape index (κ3) is 1.63. The normalized spacial score (nSPS) is 15.1. The molecule has 1 N–H and O–H groups in total. The predicted octanol–water partition coefficient (Wildman–Crippen LogP) is 1.81. The van der Waals surface area contributed by atoms with Crippen LogP contribution in [-0.2, 0) is 4.79 Å². The van der Waals surface area contributed by atoms with E-state index in [1.807, 2.05) is 13.8 Å². The van der Waals surface area contributed by atoms with Crippen LogP contribution >= 0.6 is 11.6 Å². The van der Waals surface area contributed by atoms with Crippen molar-refractivity contribution < 1.29 is 4.79 Å². The lowest BCUT2D eigenvalue weighted by Crippen LogP contribution is -2.40. The number of nitrogens with zero attached hydrogens (tertiary/aromatic N) is 3. The van der Waals surface area contributed by atoms with Gasteiger partial charge in [-0.2, -0.15) is 4.98 Å². The molecule has 0 radical (unpaired) electrons. The van der Waals surface area contributed by atoms with Gasteiger partial charge in [-0.05, 0) is 25.4 Å². The number of anilines is 2. The fourth-order valence-electron chi connectivity index (χ4n) is 1.61. The summed E-state index contributed by atoms with van der Waals surface area (Å²) in [6.45, 7) is 7.63. The molecule has 0 saturated carbocycles. The maximum atomic E-state index is 11.6. The van der Waals surface area contributed by atoms with Crippen molar-refractivity contribution in [1.29, 1.82) is 0 Å². The standard InChI is InChI=1S/C10H11ClN4O/c1-5(2)15-6(3)9(16)13-7-4-12-10(11)14-8(7)15/h4-5H,3H2,1-2H3,(H,13,16). The van der Waals surface area contributed by atoms with E-state index in [0.29, 0.717) is 17.2 Å². The third-order valence-electron chi connectivity index (χ3n) is 2.28. The average Bonchev–Trinajstić information content (AvgIpc) is 2.20. The fraction of sp³-hybridized carbons (Fsp3) is 0.300. The summed E-state index contributed by atoms with van der Waals surface area (Å²) in [5.41, 5.74) is 0.910. The van der Waals surface area contributed by atoms with E-state index in [2.05, 4.69) is 21.9 Å². The summed E-state index contributed by atoms with van der Waals surface area (Å²) >= 11 is 5.74. The molecule has 0 aliphatic carbocycles. The quantitative estimate of drug-likeness (QED) is 0.599. The minimum Gasteiger partial charge on any atom is -0.318 e. The van der Waals surface area contributed by atoms with Crippen molar-refractivity contribution in [1.82, 2.24) is 9.97 Å². The molecule has 2 heterocycles. The van der Waals surface area contributed by atoms with E-state index >= 15 is 0 Å². The lowest BCUT2D eigenvalue weighted by atomic mass is 10.2. The zero-order chi connectivity index (χ0) is 11.9. The number of halogens is 1. The Labute approximate surface area is 98.1 Å². The van der Waals surface area contributed by atoms with Gasteiger partial charge in [0.25, 0.3) is 5.91 Å². The number of fused-ring (bicyclic) bond motifs is 1. The number of hydrogen-bond acceptors (Lipinski definition) is 4. The molecular weight excluding hydrogens is 228 g/mol. The highest BCUT2D eigenvalue weighted by atomic mass is 35.5. The number of carbonyl (C=O) groups excluding carboxylic acids is 1. The second kappa shape index (κ2) is 3.75. The molecule has 0 bridgehead atoms. The van der Waals surface area contributed by atoms with E-state index in [-0.39, 0.29) is 17.2 Å². The van der Waals surface area contributed by atoms with Gasteiger partial charge in [-0.3, -0.25) is 4.79 Å². The summed E-state index contributed by atoms with van der Waals surface area (Å²) in [5, 5.41) is 2.80. The number of aromatic nitrogens is 2. The van der Waals surface area contributed by atoms with E-state index in [9.17, 15) is 4.79 Å². The van der Waals surface area contributed by atoms with Gasteiger partial charge in [0.1, 0.15) is 11.4 Å². The van der Waals surface area contributed by atoms with Crippen LogP contribution in [0.4, 0.5) is 11.5 Å². The molecule has 1 aliphatic rings. The van der Waals surface area contributed by atoms with Crippen molar-refractivity contribution in [2.45, 2.75) is 19.9 Å². The predicted molar refractivity (Wildman–Crippen MR) is 62.4 cm³/mol. The van der Waals surface area contributed by atoms with E-state index < -0.39 is 0 Å². The summed E-state index contributed by atoms with van der Waals surface area (Å²) in [6.07, 6.45) is 1.49. The molecule has 2 rings (SSSR count). The average molecular weight is 239 g/mol. The Hall–Kier alpha value is -1.62. The van der Waals surface area contributed by atoms with Gasteiger partial charge in [-0.15, -0.1) is 0 Å². The summed E-state index contributed by atoms with van der Waals surface area (Å²) < 4.78 is 0. The maximum Gasteiger partial charge on any atom is 0.271 e. The van der Waals surface area contributed by atoms with Crippen molar-refractivity contribution in [3.63, 3.8) is 0 Å². The second-order valence-electron chi connectivity index (χ2n) is 3.74. The largest absolute Gasteiger partial charge is 0.318 e. The van der Waals surface area contributed by atoms with Crippen molar-refractivity contribution in [3.8, 4) is 0 Å². The highest BCUT2D eigenvalue weighted by Gasteiger charge is 2.29. The third-order valence-corrected chi connectivity index (χ3v) is 2.47. The molecule has 0 aromatic carbocycles. The fourth-order valence-corrected chi connectivity index (χ4v) is 1.74. The molecule has 0 saturated heterocycles. The van der Waals surface area contributed by atoms with Gasteiger partial charge >= 0.3 is 0 Å². The first-order valence-corrected chi connectivity index (χ1v) is 5.20. The molecule has 0 fully saturated rings.